The average Bonchev–Trinajstić information content (AvgIpc) is 3.04. The Hall–Kier alpha value is -3.86. The van der Waals surface area contributed by atoms with Crippen molar-refractivity contribution in [1.82, 2.24) is 4.90 Å². The molecule has 0 bridgehead atoms. The van der Waals surface area contributed by atoms with Crippen LogP contribution in [0.3, 0.4) is 0 Å². The summed E-state index contributed by atoms with van der Waals surface area (Å²) < 4.78 is 5.48. The van der Waals surface area contributed by atoms with Gasteiger partial charge in [0.1, 0.15) is 11.4 Å². The topological polar surface area (TPSA) is 58.6 Å². The van der Waals surface area contributed by atoms with Crippen LogP contribution < -0.4 is 10.1 Å². The number of benzene rings is 3. The number of amides is 2. The highest BCUT2D eigenvalue weighted by Crippen LogP contribution is 2.35. The molecular weight excluding hydrogens is 388 g/mol. The molecular formula is C26H24N2O3. The quantitative estimate of drug-likeness (QED) is 0.574. The van der Waals surface area contributed by atoms with Gasteiger partial charge < -0.3 is 10.1 Å². The third-order valence-electron chi connectivity index (χ3n) is 5.36. The first-order valence-electron chi connectivity index (χ1n) is 10.3. The number of carbonyl (C=O) groups is 2. The fourth-order valence-corrected chi connectivity index (χ4v) is 3.67. The van der Waals surface area contributed by atoms with Crippen LogP contribution in [0.25, 0.3) is 5.57 Å². The Bertz CT molecular complexity index is 1130. The largest absolute Gasteiger partial charge is 0.496 e. The third-order valence-corrected chi connectivity index (χ3v) is 5.36. The number of ether oxygens (including phenoxy) is 1. The van der Waals surface area contributed by atoms with Gasteiger partial charge in [-0.3, -0.25) is 14.5 Å². The van der Waals surface area contributed by atoms with Crippen LogP contribution in [0.5, 0.6) is 5.75 Å². The van der Waals surface area contributed by atoms with E-state index in [4.69, 9.17) is 4.74 Å². The Kier molecular flexibility index (Phi) is 5.85. The minimum atomic E-state index is -0.352. The van der Waals surface area contributed by atoms with E-state index < -0.39 is 0 Å². The van der Waals surface area contributed by atoms with Gasteiger partial charge in [0.15, 0.2) is 0 Å². The molecule has 156 valence electrons. The minimum Gasteiger partial charge on any atom is -0.496 e. The van der Waals surface area contributed by atoms with Crippen LogP contribution in [0, 0.1) is 0 Å². The Morgan fingerprint density at radius 3 is 2.16 bits per heavy atom. The van der Waals surface area contributed by atoms with Gasteiger partial charge >= 0.3 is 0 Å². The summed E-state index contributed by atoms with van der Waals surface area (Å²) in [6.45, 7) is 2.29. The van der Waals surface area contributed by atoms with E-state index in [1.54, 1.807) is 19.2 Å². The van der Waals surface area contributed by atoms with Gasteiger partial charge in [-0.05, 0) is 35.7 Å². The molecule has 0 atom stereocenters. The van der Waals surface area contributed by atoms with Crippen molar-refractivity contribution in [1.29, 1.82) is 0 Å². The second-order valence-electron chi connectivity index (χ2n) is 7.31. The molecule has 0 saturated heterocycles. The molecule has 3 aromatic rings. The first-order valence-corrected chi connectivity index (χ1v) is 10.3. The standard InChI is InChI=1S/C26H24N2O3/c1-3-18-13-15-20(16-14-18)27-24-23(21-11-7-8-12-22(21)31-2)25(29)28(26(24)30)17-19-9-5-4-6-10-19/h4-16,27H,3,17H2,1-2H3. The number of hydrogen-bond acceptors (Lipinski definition) is 4. The van der Waals surface area contributed by atoms with E-state index in [0.717, 1.165) is 17.7 Å². The molecule has 0 aliphatic carbocycles. The monoisotopic (exact) mass is 412 g/mol. The Morgan fingerprint density at radius 1 is 0.806 bits per heavy atom. The minimum absolute atomic E-state index is 0.205. The van der Waals surface area contributed by atoms with Crippen LogP contribution in [-0.4, -0.2) is 23.8 Å². The summed E-state index contributed by atoms with van der Waals surface area (Å²) in [5, 5.41) is 3.20. The zero-order chi connectivity index (χ0) is 21.8. The summed E-state index contributed by atoms with van der Waals surface area (Å²) in [6, 6.07) is 24.6. The molecule has 5 heteroatoms. The molecule has 2 amide bonds. The number of aryl methyl sites for hydroxylation is 1. The molecule has 1 aliphatic rings. The van der Waals surface area contributed by atoms with Gasteiger partial charge in [0.25, 0.3) is 11.8 Å². The van der Waals surface area contributed by atoms with Crippen molar-refractivity contribution in [2.24, 2.45) is 0 Å². The lowest BCUT2D eigenvalue weighted by molar-refractivity contribution is -0.137. The predicted molar refractivity (Wildman–Crippen MR) is 121 cm³/mol. The number of imide groups is 1. The number of methoxy groups -OCH3 is 1. The number of anilines is 1. The summed E-state index contributed by atoms with van der Waals surface area (Å²) in [4.78, 5) is 28.1. The Labute approximate surface area is 182 Å². The van der Waals surface area contributed by atoms with Crippen LogP contribution in [0.2, 0.25) is 0 Å². The van der Waals surface area contributed by atoms with Gasteiger partial charge in [0, 0.05) is 11.3 Å². The maximum Gasteiger partial charge on any atom is 0.278 e. The van der Waals surface area contributed by atoms with Crippen LogP contribution in [0.4, 0.5) is 5.69 Å². The summed E-state index contributed by atoms with van der Waals surface area (Å²) in [7, 11) is 1.55. The molecule has 0 saturated carbocycles. The van der Waals surface area contributed by atoms with Crippen molar-refractivity contribution in [3.8, 4) is 5.75 Å². The van der Waals surface area contributed by atoms with E-state index in [2.05, 4.69) is 12.2 Å². The summed E-state index contributed by atoms with van der Waals surface area (Å²) in [6.07, 6.45) is 0.928. The molecule has 1 heterocycles. The van der Waals surface area contributed by atoms with Crippen LogP contribution in [-0.2, 0) is 22.6 Å². The highest BCUT2D eigenvalue weighted by Gasteiger charge is 2.40. The van der Waals surface area contributed by atoms with Gasteiger partial charge in [-0.2, -0.15) is 0 Å². The van der Waals surface area contributed by atoms with Gasteiger partial charge in [-0.15, -0.1) is 0 Å². The highest BCUT2D eigenvalue weighted by molar-refractivity contribution is 6.36. The summed E-state index contributed by atoms with van der Waals surface area (Å²) in [5.74, 6) is -0.152. The second kappa shape index (κ2) is 8.88. The number of para-hydroxylation sites is 1. The van der Waals surface area contributed by atoms with E-state index in [0.29, 0.717) is 16.9 Å². The molecule has 5 nitrogen and oxygen atoms in total. The van der Waals surface area contributed by atoms with Gasteiger partial charge in [-0.1, -0.05) is 67.6 Å². The SMILES string of the molecule is CCc1ccc(NC2=C(c3ccccc3OC)C(=O)N(Cc3ccccc3)C2=O)cc1. The maximum atomic E-state index is 13.4. The van der Waals surface area contributed by atoms with Crippen molar-refractivity contribution in [2.45, 2.75) is 19.9 Å². The van der Waals surface area contributed by atoms with Crippen molar-refractivity contribution >= 4 is 23.1 Å². The van der Waals surface area contributed by atoms with E-state index in [1.807, 2.05) is 66.7 Å². The van der Waals surface area contributed by atoms with Gasteiger partial charge in [0.05, 0.1) is 19.2 Å². The van der Waals surface area contributed by atoms with E-state index >= 15 is 0 Å². The van der Waals surface area contributed by atoms with Gasteiger partial charge in [0.2, 0.25) is 0 Å². The van der Waals surface area contributed by atoms with E-state index in [1.165, 1.54) is 10.5 Å². The van der Waals surface area contributed by atoms with E-state index in [-0.39, 0.29) is 24.1 Å². The van der Waals surface area contributed by atoms with Crippen molar-refractivity contribution < 1.29 is 14.3 Å². The first kappa shape index (κ1) is 20.4. The first-order chi connectivity index (χ1) is 15.1. The number of rotatable bonds is 7. The molecule has 0 unspecified atom stereocenters. The zero-order valence-electron chi connectivity index (χ0n) is 17.6. The summed E-state index contributed by atoms with van der Waals surface area (Å²) >= 11 is 0. The summed E-state index contributed by atoms with van der Waals surface area (Å²) in [5.41, 5.74) is 4.00. The molecule has 4 rings (SSSR count). The zero-order valence-corrected chi connectivity index (χ0v) is 17.6. The van der Waals surface area contributed by atoms with Crippen molar-refractivity contribution in [3.63, 3.8) is 0 Å². The number of nitrogens with one attached hydrogen (secondary N) is 1. The lowest BCUT2D eigenvalue weighted by Gasteiger charge is -2.15. The number of nitrogens with zero attached hydrogens (tertiary/aromatic N) is 1. The van der Waals surface area contributed by atoms with Crippen LogP contribution in [0.1, 0.15) is 23.6 Å². The molecule has 0 spiro atoms. The normalized spacial score (nSPS) is 13.7. The van der Waals surface area contributed by atoms with Crippen molar-refractivity contribution in [2.75, 3.05) is 12.4 Å². The van der Waals surface area contributed by atoms with Gasteiger partial charge in [-0.25, -0.2) is 0 Å². The molecule has 1 aliphatic heterocycles. The molecule has 1 N–H and O–H groups in total. The smallest absolute Gasteiger partial charge is 0.278 e. The third kappa shape index (κ3) is 4.08. The molecule has 0 radical (unpaired) electrons. The van der Waals surface area contributed by atoms with Crippen LogP contribution in [0.15, 0.2) is 84.6 Å². The van der Waals surface area contributed by atoms with Crippen molar-refractivity contribution in [3.05, 3.63) is 101 Å². The van der Waals surface area contributed by atoms with Crippen LogP contribution >= 0.6 is 0 Å². The number of carbonyl (C=O) groups excluding carboxylic acids is 2. The highest BCUT2D eigenvalue weighted by atomic mass is 16.5. The fraction of sp³-hybridized carbons (Fsp3) is 0.154. The fourth-order valence-electron chi connectivity index (χ4n) is 3.67. The molecule has 3 aromatic carbocycles. The molecule has 31 heavy (non-hydrogen) atoms. The lowest BCUT2D eigenvalue weighted by atomic mass is 10.0. The molecule has 0 aromatic heterocycles. The second-order valence-corrected chi connectivity index (χ2v) is 7.31. The molecule has 0 fully saturated rings. The predicted octanol–water partition coefficient (Wildman–Crippen LogP) is 4.65. The Balaban J connectivity index is 1.76. The maximum absolute atomic E-state index is 13.4. The average molecular weight is 412 g/mol. The number of hydrogen-bond donors (Lipinski definition) is 1. The lowest BCUT2D eigenvalue weighted by Crippen LogP contribution is -2.32. The Morgan fingerprint density at radius 2 is 1.48 bits per heavy atom. The van der Waals surface area contributed by atoms with E-state index in [9.17, 15) is 9.59 Å².